The third kappa shape index (κ3) is 2.75. The first-order valence-electron chi connectivity index (χ1n) is 7.05. The molecule has 4 nitrogen and oxygen atoms in total. The first-order chi connectivity index (χ1) is 11.3. The van der Waals surface area contributed by atoms with Gasteiger partial charge in [-0.2, -0.15) is 5.26 Å². The standard InChI is InChI=1S/C17H13ClN2O2S2/c1-10-11(2)23-17(13(10)9-19)20-24(21,22)15-8-4-6-12-5-3-7-14(18)16(12)15/h3-8,20H,1-2H3. The van der Waals surface area contributed by atoms with E-state index in [9.17, 15) is 13.7 Å². The number of thiophene rings is 1. The molecule has 0 aliphatic carbocycles. The van der Waals surface area contributed by atoms with Crippen LogP contribution in [0.3, 0.4) is 0 Å². The lowest BCUT2D eigenvalue weighted by molar-refractivity contribution is 0.602. The number of fused-ring (bicyclic) bond motifs is 1. The van der Waals surface area contributed by atoms with Crippen molar-refractivity contribution in [3.8, 4) is 6.07 Å². The number of nitriles is 1. The maximum Gasteiger partial charge on any atom is 0.263 e. The zero-order chi connectivity index (χ0) is 17.5. The van der Waals surface area contributed by atoms with Gasteiger partial charge in [0.1, 0.15) is 11.1 Å². The smallest absolute Gasteiger partial charge is 0.263 e. The lowest BCUT2D eigenvalue weighted by atomic mass is 10.1. The number of anilines is 1. The summed E-state index contributed by atoms with van der Waals surface area (Å²) >= 11 is 7.47. The number of aryl methyl sites for hydroxylation is 1. The average Bonchev–Trinajstić information content (AvgIpc) is 2.80. The lowest BCUT2D eigenvalue weighted by Crippen LogP contribution is -2.13. The molecule has 0 amide bonds. The fourth-order valence-corrected chi connectivity index (χ4v) is 5.40. The summed E-state index contributed by atoms with van der Waals surface area (Å²) in [6.07, 6.45) is 0. The van der Waals surface area contributed by atoms with Gasteiger partial charge in [0, 0.05) is 15.3 Å². The molecule has 24 heavy (non-hydrogen) atoms. The predicted octanol–water partition coefficient (Wildman–Crippen LogP) is 4.84. The maximum absolute atomic E-state index is 12.9. The summed E-state index contributed by atoms with van der Waals surface area (Å²) in [5.74, 6) is 0. The minimum atomic E-state index is -3.87. The molecule has 0 saturated heterocycles. The van der Waals surface area contributed by atoms with Crippen LogP contribution in [0.1, 0.15) is 16.0 Å². The predicted molar refractivity (Wildman–Crippen MR) is 98.3 cm³/mol. The Bertz CT molecular complexity index is 1090. The van der Waals surface area contributed by atoms with Crippen LogP contribution in [0.4, 0.5) is 5.00 Å². The van der Waals surface area contributed by atoms with E-state index in [1.807, 2.05) is 6.92 Å². The molecule has 0 radical (unpaired) electrons. The van der Waals surface area contributed by atoms with E-state index in [2.05, 4.69) is 10.8 Å². The molecule has 1 heterocycles. The maximum atomic E-state index is 12.9. The van der Waals surface area contributed by atoms with E-state index in [0.717, 1.165) is 15.8 Å². The van der Waals surface area contributed by atoms with Crippen molar-refractivity contribution in [2.24, 2.45) is 0 Å². The third-order valence-electron chi connectivity index (χ3n) is 3.83. The van der Waals surface area contributed by atoms with Crippen molar-refractivity contribution >= 4 is 48.7 Å². The quantitative estimate of drug-likeness (QED) is 0.710. The molecule has 122 valence electrons. The first kappa shape index (κ1) is 16.8. The molecule has 7 heteroatoms. The highest BCUT2D eigenvalue weighted by molar-refractivity contribution is 7.93. The Balaban J connectivity index is 2.17. The van der Waals surface area contributed by atoms with Gasteiger partial charge < -0.3 is 0 Å². The Morgan fingerprint density at radius 2 is 1.83 bits per heavy atom. The fourth-order valence-electron chi connectivity index (χ4n) is 2.50. The van der Waals surface area contributed by atoms with E-state index in [-0.39, 0.29) is 4.90 Å². The molecular weight excluding hydrogens is 364 g/mol. The highest BCUT2D eigenvalue weighted by Crippen LogP contribution is 2.35. The van der Waals surface area contributed by atoms with Crippen LogP contribution in [-0.2, 0) is 10.0 Å². The normalized spacial score (nSPS) is 11.4. The van der Waals surface area contributed by atoms with Crippen LogP contribution >= 0.6 is 22.9 Å². The average molecular weight is 377 g/mol. The number of hydrogen-bond acceptors (Lipinski definition) is 4. The number of benzene rings is 2. The molecule has 3 rings (SSSR count). The van der Waals surface area contributed by atoms with Crippen LogP contribution in [0.5, 0.6) is 0 Å². The van der Waals surface area contributed by atoms with Crippen LogP contribution in [0, 0.1) is 25.2 Å². The Hall–Kier alpha value is -2.07. The number of halogens is 1. The SMILES string of the molecule is Cc1sc(NS(=O)(=O)c2cccc3cccc(Cl)c23)c(C#N)c1C. The van der Waals surface area contributed by atoms with E-state index < -0.39 is 10.0 Å². The Morgan fingerprint density at radius 3 is 2.50 bits per heavy atom. The zero-order valence-corrected chi connectivity index (χ0v) is 15.3. The molecule has 0 aliphatic rings. The van der Waals surface area contributed by atoms with Crippen LogP contribution in [-0.4, -0.2) is 8.42 Å². The van der Waals surface area contributed by atoms with E-state index in [0.29, 0.717) is 21.0 Å². The molecule has 1 N–H and O–H groups in total. The van der Waals surface area contributed by atoms with Crippen molar-refractivity contribution in [1.29, 1.82) is 5.26 Å². The summed E-state index contributed by atoms with van der Waals surface area (Å²) in [6.45, 7) is 3.66. The summed E-state index contributed by atoms with van der Waals surface area (Å²) in [7, 11) is -3.87. The van der Waals surface area contributed by atoms with Crippen LogP contribution in [0.15, 0.2) is 41.3 Å². The number of hydrogen-bond donors (Lipinski definition) is 1. The van der Waals surface area contributed by atoms with Crippen molar-refractivity contribution < 1.29 is 8.42 Å². The topological polar surface area (TPSA) is 70.0 Å². The minimum absolute atomic E-state index is 0.0956. The second-order valence-corrected chi connectivity index (χ2v) is 8.58. The molecule has 0 saturated carbocycles. The first-order valence-corrected chi connectivity index (χ1v) is 9.73. The Labute approximate surface area is 149 Å². The largest absolute Gasteiger partial charge is 0.269 e. The summed E-state index contributed by atoms with van der Waals surface area (Å²) < 4.78 is 28.3. The summed E-state index contributed by atoms with van der Waals surface area (Å²) in [6, 6.07) is 12.3. The molecule has 0 bridgehead atoms. The van der Waals surface area contributed by atoms with Crippen LogP contribution in [0.25, 0.3) is 10.8 Å². The van der Waals surface area contributed by atoms with E-state index in [4.69, 9.17) is 11.6 Å². The highest BCUT2D eigenvalue weighted by atomic mass is 35.5. The summed E-state index contributed by atoms with van der Waals surface area (Å²) in [4.78, 5) is 0.999. The van der Waals surface area contributed by atoms with Gasteiger partial charge in [0.25, 0.3) is 10.0 Å². The molecule has 0 fully saturated rings. The van der Waals surface area contributed by atoms with Gasteiger partial charge in [0.05, 0.1) is 10.5 Å². The fraction of sp³-hybridized carbons (Fsp3) is 0.118. The van der Waals surface area contributed by atoms with Gasteiger partial charge in [-0.1, -0.05) is 35.9 Å². The van der Waals surface area contributed by atoms with Crippen LogP contribution in [0.2, 0.25) is 5.02 Å². The molecular formula is C17H13ClN2O2S2. The molecule has 1 aromatic heterocycles. The van der Waals surface area contributed by atoms with Gasteiger partial charge in [-0.15, -0.1) is 11.3 Å². The minimum Gasteiger partial charge on any atom is -0.269 e. The van der Waals surface area contributed by atoms with E-state index in [1.165, 1.54) is 17.4 Å². The monoisotopic (exact) mass is 376 g/mol. The van der Waals surface area contributed by atoms with Crippen LogP contribution < -0.4 is 4.72 Å². The molecule has 0 aliphatic heterocycles. The molecule has 2 aromatic carbocycles. The number of sulfonamides is 1. The zero-order valence-electron chi connectivity index (χ0n) is 12.9. The van der Waals surface area contributed by atoms with Crippen molar-refractivity contribution in [2.75, 3.05) is 4.72 Å². The van der Waals surface area contributed by atoms with Gasteiger partial charge in [-0.3, -0.25) is 4.72 Å². The lowest BCUT2D eigenvalue weighted by Gasteiger charge is -2.11. The van der Waals surface area contributed by atoms with Crippen molar-refractivity contribution in [1.82, 2.24) is 0 Å². The van der Waals surface area contributed by atoms with Gasteiger partial charge in [-0.25, -0.2) is 8.42 Å². The van der Waals surface area contributed by atoms with E-state index >= 15 is 0 Å². The second kappa shape index (κ2) is 6.10. The molecule has 3 aromatic rings. The van der Waals surface area contributed by atoms with Gasteiger partial charge in [0.2, 0.25) is 0 Å². The Morgan fingerprint density at radius 1 is 1.17 bits per heavy atom. The van der Waals surface area contributed by atoms with Crippen molar-refractivity contribution in [2.45, 2.75) is 18.7 Å². The molecule has 0 unspecified atom stereocenters. The number of rotatable bonds is 3. The van der Waals surface area contributed by atoms with Crippen molar-refractivity contribution in [3.63, 3.8) is 0 Å². The molecule has 0 atom stereocenters. The summed E-state index contributed by atoms with van der Waals surface area (Å²) in [5.41, 5.74) is 1.14. The Kier molecular flexibility index (Phi) is 4.26. The third-order valence-corrected chi connectivity index (χ3v) is 6.79. The highest BCUT2D eigenvalue weighted by Gasteiger charge is 2.22. The second-order valence-electron chi connectivity index (χ2n) is 5.30. The van der Waals surface area contributed by atoms with E-state index in [1.54, 1.807) is 37.3 Å². The number of nitrogens with zero attached hydrogens (tertiary/aromatic N) is 1. The molecule has 0 spiro atoms. The summed E-state index contributed by atoms with van der Waals surface area (Å²) in [5, 5.41) is 11.2. The van der Waals surface area contributed by atoms with Gasteiger partial charge in [0.15, 0.2) is 0 Å². The van der Waals surface area contributed by atoms with Crippen molar-refractivity contribution in [3.05, 3.63) is 57.4 Å². The van der Waals surface area contributed by atoms with Gasteiger partial charge >= 0.3 is 0 Å². The van der Waals surface area contributed by atoms with Gasteiger partial charge in [-0.05, 0) is 36.9 Å². The number of nitrogens with one attached hydrogen (secondary N) is 1.